The number of nitrogens with zero attached hydrogens (tertiary/aromatic N) is 1. The summed E-state index contributed by atoms with van der Waals surface area (Å²) in [6.07, 6.45) is 3.51. The summed E-state index contributed by atoms with van der Waals surface area (Å²) in [5.41, 5.74) is 0.818. The first kappa shape index (κ1) is 14.5. The maximum Gasteiger partial charge on any atom is 0.127 e. The summed E-state index contributed by atoms with van der Waals surface area (Å²) >= 11 is 0. The SMILES string of the molecule is CCCC1CN(Cc2ccccc2F)C(CC)CN1. The summed E-state index contributed by atoms with van der Waals surface area (Å²) in [4.78, 5) is 2.44. The van der Waals surface area contributed by atoms with Gasteiger partial charge in [-0.2, -0.15) is 0 Å². The molecule has 2 rings (SSSR count). The van der Waals surface area contributed by atoms with E-state index >= 15 is 0 Å². The van der Waals surface area contributed by atoms with E-state index in [2.05, 4.69) is 24.1 Å². The molecule has 0 aromatic heterocycles. The fraction of sp³-hybridized carbons (Fsp3) is 0.625. The quantitative estimate of drug-likeness (QED) is 0.878. The number of benzene rings is 1. The van der Waals surface area contributed by atoms with Gasteiger partial charge in [0.05, 0.1) is 0 Å². The van der Waals surface area contributed by atoms with Gasteiger partial charge in [0.15, 0.2) is 0 Å². The normalized spacial score (nSPS) is 24.6. The molecule has 1 aromatic rings. The molecule has 2 unspecified atom stereocenters. The Kier molecular flexibility index (Phi) is 5.34. The van der Waals surface area contributed by atoms with Gasteiger partial charge in [-0.05, 0) is 18.9 Å². The lowest BCUT2D eigenvalue weighted by atomic mass is 10.0. The Labute approximate surface area is 116 Å². The second-order valence-corrected chi connectivity index (χ2v) is 5.48. The van der Waals surface area contributed by atoms with Crippen LogP contribution in [0, 0.1) is 5.82 Å². The molecule has 0 aliphatic carbocycles. The van der Waals surface area contributed by atoms with Crippen LogP contribution in [0.3, 0.4) is 0 Å². The predicted molar refractivity (Wildman–Crippen MR) is 77.6 cm³/mol. The molecule has 0 amide bonds. The van der Waals surface area contributed by atoms with Crippen molar-refractivity contribution in [3.05, 3.63) is 35.6 Å². The molecule has 1 aliphatic heterocycles. The van der Waals surface area contributed by atoms with Crippen molar-refractivity contribution < 1.29 is 4.39 Å². The fourth-order valence-corrected chi connectivity index (χ4v) is 2.91. The van der Waals surface area contributed by atoms with Gasteiger partial charge in [-0.25, -0.2) is 4.39 Å². The van der Waals surface area contributed by atoms with Crippen LogP contribution >= 0.6 is 0 Å². The topological polar surface area (TPSA) is 15.3 Å². The average Bonchev–Trinajstić information content (AvgIpc) is 2.42. The monoisotopic (exact) mass is 264 g/mol. The second kappa shape index (κ2) is 7.01. The van der Waals surface area contributed by atoms with Gasteiger partial charge < -0.3 is 5.32 Å². The van der Waals surface area contributed by atoms with Gasteiger partial charge in [0, 0.05) is 37.3 Å². The lowest BCUT2D eigenvalue weighted by Crippen LogP contribution is -2.55. The zero-order valence-corrected chi connectivity index (χ0v) is 12.0. The van der Waals surface area contributed by atoms with Crippen LogP contribution in [0.2, 0.25) is 0 Å². The third kappa shape index (κ3) is 3.77. The van der Waals surface area contributed by atoms with Crippen molar-refractivity contribution in [3.63, 3.8) is 0 Å². The highest BCUT2D eigenvalue weighted by Crippen LogP contribution is 2.18. The van der Waals surface area contributed by atoms with Crippen LogP contribution in [0.5, 0.6) is 0 Å². The molecule has 0 saturated carbocycles. The predicted octanol–water partition coefficient (Wildman–Crippen LogP) is 3.18. The summed E-state index contributed by atoms with van der Waals surface area (Å²) in [5, 5.41) is 3.62. The Hall–Kier alpha value is -0.930. The largest absolute Gasteiger partial charge is 0.311 e. The average molecular weight is 264 g/mol. The maximum atomic E-state index is 13.8. The highest BCUT2D eigenvalue weighted by atomic mass is 19.1. The van der Waals surface area contributed by atoms with E-state index in [9.17, 15) is 4.39 Å². The molecule has 0 radical (unpaired) electrons. The minimum Gasteiger partial charge on any atom is -0.311 e. The third-order valence-corrected chi connectivity index (χ3v) is 4.05. The van der Waals surface area contributed by atoms with Crippen molar-refractivity contribution in [2.75, 3.05) is 13.1 Å². The molecule has 106 valence electrons. The van der Waals surface area contributed by atoms with Crippen LogP contribution in [0.15, 0.2) is 24.3 Å². The van der Waals surface area contributed by atoms with Crippen molar-refractivity contribution in [1.82, 2.24) is 10.2 Å². The molecule has 1 saturated heterocycles. The van der Waals surface area contributed by atoms with Crippen LogP contribution in [0.1, 0.15) is 38.7 Å². The van der Waals surface area contributed by atoms with Gasteiger partial charge in [0.2, 0.25) is 0 Å². The molecular weight excluding hydrogens is 239 g/mol. The zero-order chi connectivity index (χ0) is 13.7. The summed E-state index contributed by atoms with van der Waals surface area (Å²) in [6.45, 7) is 7.21. The van der Waals surface area contributed by atoms with Gasteiger partial charge in [-0.3, -0.25) is 4.90 Å². The molecule has 1 N–H and O–H groups in total. The summed E-state index contributed by atoms with van der Waals surface area (Å²) in [5.74, 6) is -0.0806. The van der Waals surface area contributed by atoms with Crippen LogP contribution in [0.25, 0.3) is 0 Å². The molecule has 0 bridgehead atoms. The first-order chi connectivity index (χ1) is 9.24. The molecule has 3 heteroatoms. The van der Waals surface area contributed by atoms with E-state index in [1.807, 2.05) is 12.1 Å². The number of hydrogen-bond donors (Lipinski definition) is 1. The molecule has 1 fully saturated rings. The molecule has 2 atom stereocenters. The Bertz CT molecular complexity index is 394. The Morgan fingerprint density at radius 1 is 1.32 bits per heavy atom. The first-order valence-electron chi connectivity index (χ1n) is 7.45. The van der Waals surface area contributed by atoms with E-state index < -0.39 is 0 Å². The number of hydrogen-bond acceptors (Lipinski definition) is 2. The first-order valence-corrected chi connectivity index (χ1v) is 7.45. The second-order valence-electron chi connectivity index (χ2n) is 5.48. The van der Waals surface area contributed by atoms with E-state index in [4.69, 9.17) is 0 Å². The van der Waals surface area contributed by atoms with Gasteiger partial charge in [0.25, 0.3) is 0 Å². The molecule has 1 heterocycles. The van der Waals surface area contributed by atoms with E-state index in [-0.39, 0.29) is 5.82 Å². The summed E-state index contributed by atoms with van der Waals surface area (Å²) < 4.78 is 13.8. The van der Waals surface area contributed by atoms with Crippen LogP contribution in [0.4, 0.5) is 4.39 Å². The van der Waals surface area contributed by atoms with Crippen molar-refractivity contribution >= 4 is 0 Å². The maximum absolute atomic E-state index is 13.8. The molecule has 1 aliphatic rings. The van der Waals surface area contributed by atoms with Gasteiger partial charge in [0.1, 0.15) is 5.82 Å². The highest BCUT2D eigenvalue weighted by Gasteiger charge is 2.26. The summed E-state index contributed by atoms with van der Waals surface area (Å²) in [7, 11) is 0. The van der Waals surface area contributed by atoms with Gasteiger partial charge >= 0.3 is 0 Å². The van der Waals surface area contributed by atoms with E-state index in [1.54, 1.807) is 12.1 Å². The number of piperazine rings is 1. The molecule has 0 spiro atoms. The van der Waals surface area contributed by atoms with Gasteiger partial charge in [-0.15, -0.1) is 0 Å². The summed E-state index contributed by atoms with van der Waals surface area (Å²) in [6, 6.07) is 8.21. The smallest absolute Gasteiger partial charge is 0.127 e. The van der Waals surface area contributed by atoms with E-state index in [0.717, 1.165) is 31.6 Å². The van der Waals surface area contributed by atoms with Crippen molar-refractivity contribution in [2.45, 2.75) is 51.7 Å². The Morgan fingerprint density at radius 3 is 2.79 bits per heavy atom. The molecule has 19 heavy (non-hydrogen) atoms. The molecular formula is C16H25FN2. The van der Waals surface area contributed by atoms with Crippen molar-refractivity contribution in [1.29, 1.82) is 0 Å². The third-order valence-electron chi connectivity index (χ3n) is 4.05. The van der Waals surface area contributed by atoms with E-state index in [0.29, 0.717) is 12.1 Å². The lowest BCUT2D eigenvalue weighted by Gasteiger charge is -2.40. The van der Waals surface area contributed by atoms with E-state index in [1.165, 1.54) is 12.8 Å². The van der Waals surface area contributed by atoms with Crippen molar-refractivity contribution in [3.8, 4) is 0 Å². The number of rotatable bonds is 5. The number of halogens is 1. The zero-order valence-electron chi connectivity index (χ0n) is 12.0. The number of nitrogens with one attached hydrogen (secondary N) is 1. The molecule has 2 nitrogen and oxygen atoms in total. The fourth-order valence-electron chi connectivity index (χ4n) is 2.91. The molecule has 1 aromatic carbocycles. The Balaban J connectivity index is 2.04. The van der Waals surface area contributed by atoms with Crippen LogP contribution in [-0.2, 0) is 6.54 Å². The van der Waals surface area contributed by atoms with Gasteiger partial charge in [-0.1, -0.05) is 38.5 Å². The minimum absolute atomic E-state index is 0.0806. The standard InChI is InChI=1S/C16H25FN2/c1-3-7-14-12-19(15(4-2)10-18-14)11-13-8-5-6-9-16(13)17/h5-6,8-9,14-15,18H,3-4,7,10-12H2,1-2H3. The van der Waals surface area contributed by atoms with Crippen LogP contribution in [-0.4, -0.2) is 30.1 Å². The lowest BCUT2D eigenvalue weighted by molar-refractivity contribution is 0.114. The van der Waals surface area contributed by atoms with Crippen LogP contribution < -0.4 is 5.32 Å². The highest BCUT2D eigenvalue weighted by molar-refractivity contribution is 5.17. The Morgan fingerprint density at radius 2 is 2.11 bits per heavy atom. The minimum atomic E-state index is -0.0806. The van der Waals surface area contributed by atoms with Crippen molar-refractivity contribution in [2.24, 2.45) is 0 Å².